The highest BCUT2D eigenvalue weighted by molar-refractivity contribution is 5.31. The minimum atomic E-state index is -0.117. The molecule has 1 atom stereocenters. The van der Waals surface area contributed by atoms with Crippen molar-refractivity contribution >= 4 is 0 Å². The van der Waals surface area contributed by atoms with E-state index in [1.165, 1.54) is 25.7 Å². The molecule has 1 aromatic rings. The maximum atomic E-state index is 9.47. The van der Waals surface area contributed by atoms with E-state index >= 15 is 0 Å². The molecule has 0 bridgehead atoms. The summed E-state index contributed by atoms with van der Waals surface area (Å²) >= 11 is 0. The van der Waals surface area contributed by atoms with Gasteiger partial charge in [-0.05, 0) is 50.6 Å². The third kappa shape index (κ3) is 3.71. The van der Waals surface area contributed by atoms with Gasteiger partial charge in [-0.1, -0.05) is 25.0 Å². The lowest BCUT2D eigenvalue weighted by molar-refractivity contribution is 0.245. The van der Waals surface area contributed by atoms with Crippen LogP contribution >= 0.6 is 0 Å². The SMILES string of the molecule is CCOc1ccc(C(C#N)N2CCCCCC2)cc1. The number of likely N-dealkylation sites (tertiary alicyclic amines) is 1. The summed E-state index contributed by atoms with van der Waals surface area (Å²) < 4.78 is 5.44. The average molecular weight is 258 g/mol. The Balaban J connectivity index is 2.09. The fourth-order valence-electron chi connectivity index (χ4n) is 2.63. The van der Waals surface area contributed by atoms with Crippen LogP contribution in [0, 0.1) is 11.3 Å². The lowest BCUT2D eigenvalue weighted by atomic mass is 10.1. The van der Waals surface area contributed by atoms with Gasteiger partial charge in [0.1, 0.15) is 11.8 Å². The predicted octanol–water partition coefficient (Wildman–Crippen LogP) is 3.53. The molecule has 0 N–H and O–H groups in total. The Hall–Kier alpha value is -1.53. The lowest BCUT2D eigenvalue weighted by Gasteiger charge is -2.25. The van der Waals surface area contributed by atoms with Gasteiger partial charge in [-0.3, -0.25) is 4.90 Å². The average Bonchev–Trinajstić information content (AvgIpc) is 2.71. The first kappa shape index (κ1) is 13.9. The van der Waals surface area contributed by atoms with E-state index in [9.17, 15) is 5.26 Å². The number of hydrogen-bond donors (Lipinski definition) is 0. The van der Waals surface area contributed by atoms with Gasteiger partial charge in [-0.2, -0.15) is 5.26 Å². The molecule has 0 radical (unpaired) electrons. The molecular formula is C16H22N2O. The lowest BCUT2D eigenvalue weighted by Crippen LogP contribution is -2.28. The second-order valence-corrected chi connectivity index (χ2v) is 4.98. The van der Waals surface area contributed by atoms with Gasteiger partial charge in [0, 0.05) is 0 Å². The summed E-state index contributed by atoms with van der Waals surface area (Å²) in [6.07, 6.45) is 4.99. The smallest absolute Gasteiger partial charge is 0.123 e. The van der Waals surface area contributed by atoms with E-state index in [0.29, 0.717) is 6.61 Å². The van der Waals surface area contributed by atoms with E-state index in [4.69, 9.17) is 4.74 Å². The first-order valence-corrected chi connectivity index (χ1v) is 7.21. The van der Waals surface area contributed by atoms with E-state index in [1.807, 2.05) is 31.2 Å². The quantitative estimate of drug-likeness (QED) is 0.829. The molecule has 1 unspecified atom stereocenters. The van der Waals surface area contributed by atoms with Crippen LogP contribution in [0.4, 0.5) is 0 Å². The van der Waals surface area contributed by atoms with Crippen molar-refractivity contribution in [3.8, 4) is 11.8 Å². The Morgan fingerprint density at radius 3 is 2.32 bits per heavy atom. The summed E-state index contributed by atoms with van der Waals surface area (Å²) in [5.41, 5.74) is 1.08. The van der Waals surface area contributed by atoms with Crippen molar-refractivity contribution in [3.05, 3.63) is 29.8 Å². The van der Waals surface area contributed by atoms with E-state index < -0.39 is 0 Å². The number of rotatable bonds is 4. The largest absolute Gasteiger partial charge is 0.494 e. The van der Waals surface area contributed by atoms with Crippen molar-refractivity contribution < 1.29 is 4.74 Å². The highest BCUT2D eigenvalue weighted by atomic mass is 16.5. The maximum absolute atomic E-state index is 9.47. The third-order valence-corrected chi connectivity index (χ3v) is 3.63. The minimum Gasteiger partial charge on any atom is -0.494 e. The zero-order valence-corrected chi connectivity index (χ0v) is 11.6. The number of ether oxygens (including phenoxy) is 1. The van der Waals surface area contributed by atoms with Crippen molar-refractivity contribution in [1.29, 1.82) is 5.26 Å². The van der Waals surface area contributed by atoms with Gasteiger partial charge in [0.05, 0.1) is 12.7 Å². The summed E-state index contributed by atoms with van der Waals surface area (Å²) in [7, 11) is 0. The first-order valence-electron chi connectivity index (χ1n) is 7.21. The molecule has 0 amide bonds. The molecule has 1 fully saturated rings. The molecular weight excluding hydrogens is 236 g/mol. The molecule has 3 nitrogen and oxygen atoms in total. The monoisotopic (exact) mass is 258 g/mol. The summed E-state index contributed by atoms with van der Waals surface area (Å²) in [5.74, 6) is 0.874. The van der Waals surface area contributed by atoms with Crippen LogP contribution in [-0.4, -0.2) is 24.6 Å². The molecule has 1 aliphatic rings. The predicted molar refractivity (Wildman–Crippen MR) is 76.0 cm³/mol. The summed E-state index contributed by atoms with van der Waals surface area (Å²) in [5, 5.41) is 9.47. The Kier molecular flexibility index (Phi) is 5.23. The van der Waals surface area contributed by atoms with Crippen LogP contribution in [0.25, 0.3) is 0 Å². The maximum Gasteiger partial charge on any atom is 0.123 e. The van der Waals surface area contributed by atoms with Gasteiger partial charge in [-0.25, -0.2) is 0 Å². The molecule has 3 heteroatoms. The molecule has 0 aromatic heterocycles. The third-order valence-electron chi connectivity index (χ3n) is 3.63. The van der Waals surface area contributed by atoms with Crippen LogP contribution in [0.3, 0.4) is 0 Å². The molecule has 19 heavy (non-hydrogen) atoms. The molecule has 0 aliphatic carbocycles. The van der Waals surface area contributed by atoms with E-state index in [0.717, 1.165) is 24.4 Å². The number of nitriles is 1. The van der Waals surface area contributed by atoms with Gasteiger partial charge >= 0.3 is 0 Å². The van der Waals surface area contributed by atoms with Crippen LogP contribution in [-0.2, 0) is 0 Å². The van der Waals surface area contributed by atoms with Crippen LogP contribution in [0.5, 0.6) is 5.75 Å². The zero-order chi connectivity index (χ0) is 13.5. The molecule has 0 saturated carbocycles. The summed E-state index contributed by atoms with van der Waals surface area (Å²) in [4.78, 5) is 2.31. The molecule has 1 saturated heterocycles. The highest BCUT2D eigenvalue weighted by Gasteiger charge is 2.20. The Labute approximate surface area is 115 Å². The van der Waals surface area contributed by atoms with Crippen molar-refractivity contribution in [2.75, 3.05) is 19.7 Å². The topological polar surface area (TPSA) is 36.3 Å². The van der Waals surface area contributed by atoms with Gasteiger partial charge in [0.25, 0.3) is 0 Å². The summed E-state index contributed by atoms with van der Waals surface area (Å²) in [6.45, 7) is 4.72. The molecule has 0 spiro atoms. The molecule has 1 aromatic carbocycles. The molecule has 1 heterocycles. The van der Waals surface area contributed by atoms with Gasteiger partial charge < -0.3 is 4.74 Å². The van der Waals surface area contributed by atoms with E-state index in [2.05, 4.69) is 11.0 Å². The highest BCUT2D eigenvalue weighted by Crippen LogP contribution is 2.25. The Morgan fingerprint density at radius 1 is 1.16 bits per heavy atom. The Bertz CT molecular complexity index is 413. The number of nitrogens with zero attached hydrogens (tertiary/aromatic N) is 2. The van der Waals surface area contributed by atoms with Crippen molar-refractivity contribution in [2.24, 2.45) is 0 Å². The van der Waals surface area contributed by atoms with Gasteiger partial charge in [0.2, 0.25) is 0 Å². The van der Waals surface area contributed by atoms with Gasteiger partial charge in [-0.15, -0.1) is 0 Å². The molecule has 1 aliphatic heterocycles. The number of benzene rings is 1. The van der Waals surface area contributed by atoms with E-state index in [1.54, 1.807) is 0 Å². The molecule has 2 rings (SSSR count). The first-order chi connectivity index (χ1) is 9.35. The van der Waals surface area contributed by atoms with Crippen LogP contribution in [0.1, 0.15) is 44.2 Å². The van der Waals surface area contributed by atoms with E-state index in [-0.39, 0.29) is 6.04 Å². The number of hydrogen-bond acceptors (Lipinski definition) is 3. The second-order valence-electron chi connectivity index (χ2n) is 4.98. The minimum absolute atomic E-state index is 0.117. The van der Waals surface area contributed by atoms with Crippen molar-refractivity contribution in [2.45, 2.75) is 38.6 Å². The zero-order valence-electron chi connectivity index (χ0n) is 11.6. The molecule has 102 valence electrons. The fourth-order valence-corrected chi connectivity index (χ4v) is 2.63. The van der Waals surface area contributed by atoms with Crippen molar-refractivity contribution in [1.82, 2.24) is 4.90 Å². The van der Waals surface area contributed by atoms with Crippen molar-refractivity contribution in [3.63, 3.8) is 0 Å². The van der Waals surface area contributed by atoms with Crippen LogP contribution in [0.15, 0.2) is 24.3 Å². The van der Waals surface area contributed by atoms with Crippen LogP contribution in [0.2, 0.25) is 0 Å². The second kappa shape index (κ2) is 7.16. The van der Waals surface area contributed by atoms with Gasteiger partial charge in [0.15, 0.2) is 0 Å². The fraction of sp³-hybridized carbons (Fsp3) is 0.562. The normalized spacial score (nSPS) is 18.3. The summed E-state index contributed by atoms with van der Waals surface area (Å²) in [6, 6.07) is 10.3. The van der Waals surface area contributed by atoms with Crippen LogP contribution < -0.4 is 4.74 Å². The Morgan fingerprint density at radius 2 is 1.79 bits per heavy atom. The standard InChI is InChI=1S/C16H22N2O/c1-2-19-15-9-7-14(8-10-15)16(13-17)18-11-5-3-4-6-12-18/h7-10,16H,2-6,11-12H2,1H3.